The molecule has 0 fully saturated rings. The van der Waals surface area contributed by atoms with Gasteiger partial charge in [-0.15, -0.1) is 0 Å². The van der Waals surface area contributed by atoms with Crippen LogP contribution in [-0.2, 0) is 0 Å². The van der Waals surface area contributed by atoms with Gasteiger partial charge in [-0.25, -0.2) is 9.40 Å². The van der Waals surface area contributed by atoms with E-state index < -0.39 is 6.23 Å². The number of para-hydroxylation sites is 1. The van der Waals surface area contributed by atoms with Crippen molar-refractivity contribution >= 4 is 38.5 Å². The largest absolute Gasteiger partial charge is 0.464 e. The summed E-state index contributed by atoms with van der Waals surface area (Å²) in [5.41, 5.74) is 4.51. The summed E-state index contributed by atoms with van der Waals surface area (Å²) in [6.45, 7) is 1.55. The Morgan fingerprint density at radius 2 is 1.88 bits per heavy atom. The van der Waals surface area contributed by atoms with Crippen molar-refractivity contribution in [1.29, 1.82) is 0 Å². The van der Waals surface area contributed by atoms with Crippen LogP contribution in [0.1, 0.15) is 47.1 Å². The Balaban J connectivity index is 1.52. The number of ether oxygens (including phenoxy) is 1. The summed E-state index contributed by atoms with van der Waals surface area (Å²) in [6.07, 6.45) is 2.01. The molecule has 1 aromatic heterocycles. The molecule has 6 rings (SSSR count). The van der Waals surface area contributed by atoms with E-state index in [2.05, 4.69) is 22.0 Å². The van der Waals surface area contributed by atoms with Crippen LogP contribution in [0.5, 0.6) is 5.75 Å². The van der Waals surface area contributed by atoms with Gasteiger partial charge in [-0.05, 0) is 42.0 Å². The molecule has 2 aliphatic rings. The number of rotatable bonds is 2. The topological polar surface area (TPSA) is 46.8 Å². The summed E-state index contributed by atoms with van der Waals surface area (Å²) >= 11 is 3.57. The van der Waals surface area contributed by atoms with Crippen molar-refractivity contribution in [3.8, 4) is 5.75 Å². The van der Waals surface area contributed by atoms with Gasteiger partial charge >= 0.3 is 0 Å². The first kappa shape index (κ1) is 20.2. The van der Waals surface area contributed by atoms with E-state index >= 15 is 0 Å². The van der Waals surface area contributed by atoms with E-state index in [0.29, 0.717) is 6.42 Å². The van der Waals surface area contributed by atoms with Crippen LogP contribution in [0.3, 0.4) is 0 Å². The molecule has 2 aliphatic heterocycles. The zero-order valence-corrected chi connectivity index (χ0v) is 19.3. The second kappa shape index (κ2) is 7.56. The van der Waals surface area contributed by atoms with Crippen molar-refractivity contribution in [3.63, 3.8) is 0 Å². The minimum absolute atomic E-state index is 0.0456. The zero-order valence-electron chi connectivity index (χ0n) is 17.7. The molecule has 0 amide bonds. The highest BCUT2D eigenvalue weighted by atomic mass is 79.9. The minimum Gasteiger partial charge on any atom is -0.464 e. The fraction of sp³-hybridized carbons (Fsp3) is 0.154. The Kier molecular flexibility index (Phi) is 4.62. The van der Waals surface area contributed by atoms with Crippen LogP contribution in [0.15, 0.2) is 82.5 Å². The molecule has 0 bridgehead atoms. The Morgan fingerprint density at radius 3 is 2.67 bits per heavy atom. The van der Waals surface area contributed by atoms with Crippen molar-refractivity contribution in [2.45, 2.75) is 25.6 Å². The van der Waals surface area contributed by atoms with E-state index in [4.69, 9.17) is 9.84 Å². The molecule has 3 heterocycles. The van der Waals surface area contributed by atoms with Gasteiger partial charge in [0.25, 0.3) is 0 Å². The molecule has 0 saturated carbocycles. The third kappa shape index (κ3) is 3.26. The predicted octanol–water partition coefficient (Wildman–Crippen LogP) is 6.45. The number of benzene rings is 3. The number of halogens is 2. The number of hydrogen-bond donors (Lipinski definition) is 0. The molecule has 5 nitrogen and oxygen atoms in total. The lowest BCUT2D eigenvalue weighted by Crippen LogP contribution is -2.33. The molecule has 3 aromatic carbocycles. The van der Waals surface area contributed by atoms with Crippen LogP contribution in [0.4, 0.5) is 4.39 Å². The number of aromatic nitrogens is 1. The Labute approximate surface area is 198 Å². The third-order valence-corrected chi connectivity index (χ3v) is 6.77. The van der Waals surface area contributed by atoms with Crippen LogP contribution in [-0.4, -0.2) is 21.2 Å². The monoisotopic (exact) mass is 503 g/mol. The standard InChI is InChI=1S/C26H19BrFN3O2/c1-15(32)30-14-21(19-4-2-3-5-23(19)30)26-31-24(20-12-17(27)8-11-25(20)33-26)13-22(29-31)16-6-9-18(28)10-7-16/h2-12,14,24,26H,13H2,1H3/t24-,26-/m0/s1. The van der Waals surface area contributed by atoms with E-state index in [0.717, 1.165) is 43.5 Å². The number of fused-ring (bicyclic) bond motifs is 4. The highest BCUT2D eigenvalue weighted by molar-refractivity contribution is 9.10. The van der Waals surface area contributed by atoms with Gasteiger partial charge < -0.3 is 4.74 Å². The van der Waals surface area contributed by atoms with Crippen LogP contribution >= 0.6 is 15.9 Å². The Bertz CT molecular complexity index is 1440. The average Bonchev–Trinajstić information content (AvgIpc) is 3.42. The summed E-state index contributed by atoms with van der Waals surface area (Å²) in [6, 6.07) is 20.2. The molecule has 4 aromatic rings. The lowest BCUT2D eigenvalue weighted by atomic mass is 9.96. The maximum atomic E-state index is 13.5. The Morgan fingerprint density at radius 1 is 1.09 bits per heavy atom. The second-order valence-corrected chi connectivity index (χ2v) is 9.21. The van der Waals surface area contributed by atoms with Gasteiger partial charge in [0.15, 0.2) is 0 Å². The zero-order chi connectivity index (χ0) is 22.7. The highest BCUT2D eigenvalue weighted by Crippen LogP contribution is 2.49. The molecule has 164 valence electrons. The Hall–Kier alpha value is -3.45. The first-order valence-corrected chi connectivity index (χ1v) is 11.5. The van der Waals surface area contributed by atoms with Crippen molar-refractivity contribution < 1.29 is 13.9 Å². The molecule has 0 unspecified atom stereocenters. The number of carbonyl (C=O) groups is 1. The summed E-state index contributed by atoms with van der Waals surface area (Å²) < 4.78 is 22.6. The van der Waals surface area contributed by atoms with Gasteiger partial charge in [-0.2, -0.15) is 5.10 Å². The van der Waals surface area contributed by atoms with Crippen LogP contribution in [0.25, 0.3) is 10.9 Å². The smallest absolute Gasteiger partial charge is 0.227 e. The predicted molar refractivity (Wildman–Crippen MR) is 128 cm³/mol. The van der Waals surface area contributed by atoms with Crippen molar-refractivity contribution in [2.24, 2.45) is 5.10 Å². The molecule has 0 spiro atoms. The maximum Gasteiger partial charge on any atom is 0.227 e. The fourth-order valence-corrected chi connectivity index (χ4v) is 5.12. The van der Waals surface area contributed by atoms with E-state index in [-0.39, 0.29) is 17.8 Å². The normalized spacial score (nSPS) is 19.1. The number of nitrogens with zero attached hydrogens (tertiary/aromatic N) is 3. The van der Waals surface area contributed by atoms with Crippen LogP contribution < -0.4 is 4.74 Å². The van der Waals surface area contributed by atoms with Gasteiger partial charge in [0, 0.05) is 40.5 Å². The lowest BCUT2D eigenvalue weighted by Gasteiger charge is -2.38. The summed E-state index contributed by atoms with van der Waals surface area (Å²) in [5.74, 6) is 0.452. The number of hydrogen-bond acceptors (Lipinski definition) is 4. The van der Waals surface area contributed by atoms with Gasteiger partial charge in [0.05, 0.1) is 17.3 Å². The first-order chi connectivity index (χ1) is 16.0. The first-order valence-electron chi connectivity index (χ1n) is 10.7. The third-order valence-electron chi connectivity index (χ3n) is 6.28. The molecule has 0 saturated heterocycles. The highest BCUT2D eigenvalue weighted by Gasteiger charge is 2.42. The lowest BCUT2D eigenvalue weighted by molar-refractivity contribution is -0.0181. The van der Waals surface area contributed by atoms with Crippen molar-refractivity contribution in [1.82, 2.24) is 9.58 Å². The maximum absolute atomic E-state index is 13.5. The summed E-state index contributed by atoms with van der Waals surface area (Å²) in [5, 5.41) is 7.87. The van der Waals surface area contributed by atoms with E-state index in [1.807, 2.05) is 47.6 Å². The molecule has 0 radical (unpaired) electrons. The molecule has 7 heteroatoms. The number of carbonyl (C=O) groups excluding carboxylic acids is 1. The molecular weight excluding hydrogens is 485 g/mol. The molecule has 33 heavy (non-hydrogen) atoms. The molecule has 0 aliphatic carbocycles. The van der Waals surface area contributed by atoms with Gasteiger partial charge in [-0.3, -0.25) is 9.36 Å². The van der Waals surface area contributed by atoms with Crippen molar-refractivity contribution in [2.75, 3.05) is 0 Å². The van der Waals surface area contributed by atoms with E-state index in [9.17, 15) is 9.18 Å². The molecule has 2 atom stereocenters. The summed E-state index contributed by atoms with van der Waals surface area (Å²) in [7, 11) is 0. The fourth-order valence-electron chi connectivity index (χ4n) is 4.74. The van der Waals surface area contributed by atoms with E-state index in [1.165, 1.54) is 12.1 Å². The SMILES string of the molecule is CC(=O)n1cc([C@@H]2Oc3ccc(Br)cc3[C@@H]3CC(c4ccc(F)cc4)=NN32)c2ccccc21. The molecule has 0 N–H and O–H groups in total. The number of hydrazone groups is 1. The van der Waals surface area contributed by atoms with Gasteiger partial charge in [0.1, 0.15) is 11.6 Å². The molecular formula is C26H19BrFN3O2. The minimum atomic E-state index is -0.507. The van der Waals surface area contributed by atoms with E-state index in [1.54, 1.807) is 23.6 Å². The average molecular weight is 504 g/mol. The van der Waals surface area contributed by atoms with Crippen LogP contribution in [0, 0.1) is 5.82 Å². The second-order valence-electron chi connectivity index (χ2n) is 8.30. The van der Waals surface area contributed by atoms with Gasteiger partial charge in [-0.1, -0.05) is 46.3 Å². The summed E-state index contributed by atoms with van der Waals surface area (Å²) in [4.78, 5) is 12.3. The van der Waals surface area contributed by atoms with Crippen LogP contribution in [0.2, 0.25) is 0 Å². The quantitative estimate of drug-likeness (QED) is 0.316. The van der Waals surface area contributed by atoms with Crippen molar-refractivity contribution in [3.05, 3.63) is 99.9 Å². The van der Waals surface area contributed by atoms with Gasteiger partial charge in [0.2, 0.25) is 12.1 Å².